The van der Waals surface area contributed by atoms with Crippen LogP contribution in [0.1, 0.15) is 53.1 Å². The smallest absolute Gasteiger partial charge is 0.251 e. The lowest BCUT2D eigenvalue weighted by atomic mass is 9.82. The van der Waals surface area contributed by atoms with Crippen molar-refractivity contribution in [3.63, 3.8) is 0 Å². The fourth-order valence-corrected chi connectivity index (χ4v) is 4.56. The molecule has 0 aliphatic carbocycles. The lowest BCUT2D eigenvalue weighted by Crippen LogP contribution is -2.30. The molecule has 3 aromatic rings. The van der Waals surface area contributed by atoms with E-state index in [1.54, 1.807) is 17.0 Å². The van der Waals surface area contributed by atoms with Crippen LogP contribution in [-0.4, -0.2) is 24.9 Å². The van der Waals surface area contributed by atoms with Crippen LogP contribution in [0.15, 0.2) is 72.8 Å². The van der Waals surface area contributed by atoms with Crippen LogP contribution in [-0.2, 0) is 4.79 Å². The van der Waals surface area contributed by atoms with E-state index in [1.807, 2.05) is 60.7 Å². The minimum atomic E-state index is -0.142. The molecule has 2 atom stereocenters. The Bertz CT molecular complexity index is 1110. The molecule has 33 heavy (non-hydrogen) atoms. The normalized spacial score (nSPS) is 15.4. The van der Waals surface area contributed by atoms with Crippen molar-refractivity contribution in [1.29, 1.82) is 0 Å². The molecule has 3 aromatic carbocycles. The number of hydrogen-bond acceptors (Lipinski definition) is 2. The molecule has 2 amide bonds. The molecule has 1 saturated heterocycles. The van der Waals surface area contributed by atoms with Crippen molar-refractivity contribution < 1.29 is 9.59 Å². The standard InChI is InChI=1S/C27H26Cl2N2O2/c1-18(19-4-10-22(28)11-5-19)25(20-6-12-23(29)13-7-20)17-30-27(33)21-8-14-24(15-9-21)31-16-2-3-26(31)32/h4-15,18,25H,2-3,16-17H2,1H3,(H,30,33). The fraction of sp³-hybridized carbons (Fsp3) is 0.259. The zero-order valence-electron chi connectivity index (χ0n) is 18.4. The summed E-state index contributed by atoms with van der Waals surface area (Å²) in [4.78, 5) is 26.6. The molecular weight excluding hydrogens is 455 g/mol. The van der Waals surface area contributed by atoms with Crippen molar-refractivity contribution in [3.05, 3.63) is 99.5 Å². The minimum absolute atomic E-state index is 0.0499. The first-order valence-electron chi connectivity index (χ1n) is 11.1. The molecule has 4 nitrogen and oxygen atoms in total. The van der Waals surface area contributed by atoms with Crippen molar-refractivity contribution in [2.24, 2.45) is 0 Å². The van der Waals surface area contributed by atoms with Crippen LogP contribution >= 0.6 is 23.2 Å². The quantitative estimate of drug-likeness (QED) is 0.422. The van der Waals surface area contributed by atoms with Gasteiger partial charge in [0, 0.05) is 46.7 Å². The van der Waals surface area contributed by atoms with E-state index in [2.05, 4.69) is 12.2 Å². The van der Waals surface area contributed by atoms with Crippen molar-refractivity contribution >= 4 is 40.7 Å². The fourth-order valence-electron chi connectivity index (χ4n) is 4.31. The molecule has 0 aromatic heterocycles. The molecule has 0 radical (unpaired) electrons. The topological polar surface area (TPSA) is 49.4 Å². The molecule has 2 unspecified atom stereocenters. The monoisotopic (exact) mass is 480 g/mol. The van der Waals surface area contributed by atoms with Crippen LogP contribution in [0.2, 0.25) is 10.0 Å². The first-order chi connectivity index (χ1) is 15.9. The molecule has 170 valence electrons. The molecule has 4 rings (SSSR count). The van der Waals surface area contributed by atoms with Gasteiger partial charge in [-0.15, -0.1) is 0 Å². The first-order valence-corrected chi connectivity index (χ1v) is 11.9. The highest BCUT2D eigenvalue weighted by molar-refractivity contribution is 6.30. The largest absolute Gasteiger partial charge is 0.351 e. The Balaban J connectivity index is 1.49. The number of hydrogen-bond donors (Lipinski definition) is 1. The van der Waals surface area contributed by atoms with Crippen molar-refractivity contribution in [2.45, 2.75) is 31.6 Å². The number of carbonyl (C=O) groups excluding carboxylic acids is 2. The van der Waals surface area contributed by atoms with Gasteiger partial charge in [-0.25, -0.2) is 0 Å². The van der Waals surface area contributed by atoms with Crippen molar-refractivity contribution in [3.8, 4) is 0 Å². The number of carbonyl (C=O) groups is 2. The van der Waals surface area contributed by atoms with Gasteiger partial charge in [0.2, 0.25) is 5.91 Å². The predicted octanol–water partition coefficient (Wildman–Crippen LogP) is 6.44. The van der Waals surface area contributed by atoms with E-state index in [0.717, 1.165) is 29.8 Å². The van der Waals surface area contributed by atoms with E-state index in [9.17, 15) is 9.59 Å². The second-order valence-electron chi connectivity index (χ2n) is 8.40. The maximum atomic E-state index is 12.9. The van der Waals surface area contributed by atoms with Gasteiger partial charge >= 0.3 is 0 Å². The molecule has 1 fully saturated rings. The van der Waals surface area contributed by atoms with E-state index in [-0.39, 0.29) is 23.7 Å². The molecule has 1 heterocycles. The highest BCUT2D eigenvalue weighted by Crippen LogP contribution is 2.33. The Hall–Kier alpha value is -2.82. The maximum Gasteiger partial charge on any atom is 0.251 e. The molecule has 1 aliphatic heterocycles. The molecule has 0 saturated carbocycles. The van der Waals surface area contributed by atoms with Crippen LogP contribution in [0.5, 0.6) is 0 Å². The van der Waals surface area contributed by atoms with E-state index in [1.165, 1.54) is 0 Å². The maximum absolute atomic E-state index is 12.9. The SMILES string of the molecule is CC(c1ccc(Cl)cc1)C(CNC(=O)c1ccc(N2CCCC2=O)cc1)c1ccc(Cl)cc1. The molecule has 1 aliphatic rings. The van der Waals surface area contributed by atoms with Crippen LogP contribution in [0.4, 0.5) is 5.69 Å². The summed E-state index contributed by atoms with van der Waals surface area (Å²) in [6.45, 7) is 3.35. The molecule has 0 bridgehead atoms. The summed E-state index contributed by atoms with van der Waals surface area (Å²) in [5, 5.41) is 4.47. The summed E-state index contributed by atoms with van der Waals surface area (Å²) in [7, 11) is 0. The summed E-state index contributed by atoms with van der Waals surface area (Å²) in [6.07, 6.45) is 1.46. The van der Waals surface area contributed by atoms with Crippen LogP contribution in [0.25, 0.3) is 0 Å². The van der Waals surface area contributed by atoms with Gasteiger partial charge in [-0.05, 0) is 72.0 Å². The third-order valence-corrected chi connectivity index (χ3v) is 6.80. The number of nitrogens with one attached hydrogen (secondary N) is 1. The second-order valence-corrected chi connectivity index (χ2v) is 9.28. The van der Waals surface area contributed by atoms with E-state index < -0.39 is 0 Å². The minimum Gasteiger partial charge on any atom is -0.351 e. The van der Waals surface area contributed by atoms with E-state index in [4.69, 9.17) is 23.2 Å². The Labute approximate surface area is 204 Å². The number of nitrogens with zero attached hydrogens (tertiary/aromatic N) is 1. The van der Waals surface area contributed by atoms with Crippen molar-refractivity contribution in [2.75, 3.05) is 18.0 Å². The Kier molecular flexibility index (Phi) is 7.36. The van der Waals surface area contributed by atoms with Gasteiger partial charge in [0.25, 0.3) is 5.91 Å². The van der Waals surface area contributed by atoms with Gasteiger partial charge in [0.1, 0.15) is 0 Å². The number of amides is 2. The summed E-state index contributed by atoms with van der Waals surface area (Å²) in [6, 6.07) is 22.8. The highest BCUT2D eigenvalue weighted by Gasteiger charge is 2.23. The number of benzene rings is 3. The Morgan fingerprint density at radius 2 is 1.48 bits per heavy atom. The van der Waals surface area contributed by atoms with Crippen LogP contribution in [0.3, 0.4) is 0 Å². The molecular formula is C27H26Cl2N2O2. The zero-order valence-corrected chi connectivity index (χ0v) is 19.9. The second kappa shape index (κ2) is 10.4. The van der Waals surface area contributed by atoms with Gasteiger partial charge in [0.05, 0.1) is 0 Å². The predicted molar refractivity (Wildman–Crippen MR) is 134 cm³/mol. The average molecular weight is 481 g/mol. The van der Waals surface area contributed by atoms with Crippen LogP contribution in [0, 0.1) is 0 Å². The average Bonchev–Trinajstić information content (AvgIpc) is 3.26. The summed E-state index contributed by atoms with van der Waals surface area (Å²) >= 11 is 12.2. The number of halogens is 2. The summed E-state index contributed by atoms with van der Waals surface area (Å²) in [5.41, 5.74) is 3.65. The van der Waals surface area contributed by atoms with Gasteiger partial charge in [-0.1, -0.05) is 54.4 Å². The van der Waals surface area contributed by atoms with E-state index in [0.29, 0.717) is 28.6 Å². The molecule has 6 heteroatoms. The Morgan fingerprint density at radius 3 is 2.03 bits per heavy atom. The third-order valence-electron chi connectivity index (χ3n) is 6.29. The molecule has 1 N–H and O–H groups in total. The highest BCUT2D eigenvalue weighted by atomic mass is 35.5. The lowest BCUT2D eigenvalue weighted by Gasteiger charge is -2.26. The van der Waals surface area contributed by atoms with E-state index >= 15 is 0 Å². The number of anilines is 1. The lowest BCUT2D eigenvalue weighted by molar-refractivity contribution is -0.117. The van der Waals surface area contributed by atoms with Gasteiger partial charge in [-0.3, -0.25) is 9.59 Å². The molecule has 0 spiro atoms. The summed E-state index contributed by atoms with van der Waals surface area (Å²) in [5.74, 6) is 0.187. The van der Waals surface area contributed by atoms with Crippen molar-refractivity contribution in [1.82, 2.24) is 5.32 Å². The first kappa shape index (κ1) is 23.3. The third kappa shape index (κ3) is 5.58. The van der Waals surface area contributed by atoms with Gasteiger partial charge < -0.3 is 10.2 Å². The van der Waals surface area contributed by atoms with Gasteiger partial charge in [0.15, 0.2) is 0 Å². The van der Waals surface area contributed by atoms with Crippen LogP contribution < -0.4 is 10.2 Å². The summed E-state index contributed by atoms with van der Waals surface area (Å²) < 4.78 is 0. The number of rotatable bonds is 7. The zero-order chi connectivity index (χ0) is 23.4. The van der Waals surface area contributed by atoms with Gasteiger partial charge in [-0.2, -0.15) is 0 Å². The Morgan fingerprint density at radius 1 is 0.909 bits per heavy atom.